The molecule has 3 N–H and O–H groups in total. The number of carbonyl (C=O) groups is 2. The fraction of sp³-hybridized carbons (Fsp3) is 0.0909. The minimum Gasteiger partial charge on any atom is -0.366 e. The summed E-state index contributed by atoms with van der Waals surface area (Å²) in [5.74, 6) is -0.724. The lowest BCUT2D eigenvalue weighted by Gasteiger charge is -2.12. The molecule has 4 aromatic rings. The van der Waals surface area contributed by atoms with Crippen molar-refractivity contribution in [3.8, 4) is 5.69 Å². The predicted octanol–water partition coefficient (Wildman–Crippen LogP) is 3.59. The maximum atomic E-state index is 13.2. The molecule has 2 aromatic heterocycles. The van der Waals surface area contributed by atoms with Gasteiger partial charge in [-0.05, 0) is 49.4 Å². The van der Waals surface area contributed by atoms with Crippen LogP contribution in [-0.2, 0) is 4.79 Å². The summed E-state index contributed by atoms with van der Waals surface area (Å²) >= 11 is 2.64. The molecule has 31 heavy (non-hydrogen) atoms. The summed E-state index contributed by atoms with van der Waals surface area (Å²) < 4.78 is 1.54. The Bertz CT molecular complexity index is 1330. The lowest BCUT2D eigenvalue weighted by Crippen LogP contribution is -2.22. The van der Waals surface area contributed by atoms with E-state index in [0.29, 0.717) is 32.3 Å². The number of amides is 2. The molecule has 9 heteroatoms. The van der Waals surface area contributed by atoms with E-state index < -0.39 is 5.91 Å². The highest BCUT2D eigenvalue weighted by atomic mass is 32.2. The summed E-state index contributed by atoms with van der Waals surface area (Å²) in [5, 5.41) is 3.78. The third-order valence-electron chi connectivity index (χ3n) is 4.46. The highest BCUT2D eigenvalue weighted by Gasteiger charge is 2.16. The first kappa shape index (κ1) is 20.8. The highest BCUT2D eigenvalue weighted by Crippen LogP contribution is 2.26. The van der Waals surface area contributed by atoms with Crippen LogP contribution < -0.4 is 16.6 Å². The Balaban J connectivity index is 1.59. The van der Waals surface area contributed by atoms with Gasteiger partial charge in [0.25, 0.3) is 5.56 Å². The lowest BCUT2D eigenvalue weighted by molar-refractivity contribution is -0.113. The van der Waals surface area contributed by atoms with E-state index in [0.717, 1.165) is 4.88 Å². The highest BCUT2D eigenvalue weighted by molar-refractivity contribution is 7.99. The fourth-order valence-corrected chi connectivity index (χ4v) is 4.76. The molecule has 0 fully saturated rings. The van der Waals surface area contributed by atoms with Crippen molar-refractivity contribution in [2.45, 2.75) is 12.1 Å². The predicted molar refractivity (Wildman–Crippen MR) is 124 cm³/mol. The number of benzene rings is 2. The van der Waals surface area contributed by atoms with E-state index in [9.17, 15) is 14.4 Å². The molecule has 0 spiro atoms. The number of thiophene rings is 1. The average molecular weight is 451 g/mol. The molecule has 0 unspecified atom stereocenters. The standard InChI is InChI=1S/C22H18N4O3S2/c1-13-11-17-20(31-13)25-22(26(21(17)29)16-5-3-2-4-6-16)30-12-18(27)24-15-9-7-14(8-10-15)19(23)28/h2-11H,12H2,1H3,(H2,23,28)(H,24,27). The summed E-state index contributed by atoms with van der Waals surface area (Å²) in [6.07, 6.45) is 0. The minimum atomic E-state index is -0.530. The Labute approximate surface area is 185 Å². The summed E-state index contributed by atoms with van der Waals surface area (Å²) in [4.78, 5) is 43.1. The van der Waals surface area contributed by atoms with E-state index in [1.165, 1.54) is 27.7 Å². The number of para-hydroxylation sites is 1. The van der Waals surface area contributed by atoms with Gasteiger partial charge in [-0.3, -0.25) is 19.0 Å². The van der Waals surface area contributed by atoms with Crippen molar-refractivity contribution in [3.63, 3.8) is 0 Å². The Kier molecular flexibility index (Phi) is 5.88. The number of aromatic nitrogens is 2. The van der Waals surface area contributed by atoms with Crippen molar-refractivity contribution in [3.05, 3.63) is 81.5 Å². The summed E-state index contributed by atoms with van der Waals surface area (Å²) in [6.45, 7) is 1.93. The number of nitrogens with two attached hydrogens (primary N) is 1. The first-order chi connectivity index (χ1) is 14.9. The van der Waals surface area contributed by atoms with Crippen LogP contribution >= 0.6 is 23.1 Å². The minimum absolute atomic E-state index is 0.0622. The van der Waals surface area contributed by atoms with Crippen LogP contribution in [0.2, 0.25) is 0 Å². The molecule has 0 aliphatic rings. The number of nitrogens with zero attached hydrogens (tertiary/aromatic N) is 2. The van der Waals surface area contributed by atoms with E-state index in [4.69, 9.17) is 5.73 Å². The molecule has 156 valence electrons. The van der Waals surface area contributed by atoms with Crippen LogP contribution in [0.25, 0.3) is 15.9 Å². The Hall–Kier alpha value is -3.43. The zero-order valence-electron chi connectivity index (χ0n) is 16.5. The Morgan fingerprint density at radius 1 is 1.13 bits per heavy atom. The SMILES string of the molecule is Cc1cc2c(=O)n(-c3ccccc3)c(SCC(=O)Nc3ccc(C(N)=O)cc3)nc2s1. The van der Waals surface area contributed by atoms with Crippen molar-refractivity contribution >= 4 is 50.8 Å². The normalized spacial score (nSPS) is 10.9. The molecule has 0 saturated heterocycles. The fourth-order valence-electron chi connectivity index (χ4n) is 3.03. The lowest BCUT2D eigenvalue weighted by atomic mass is 10.2. The average Bonchev–Trinajstić information content (AvgIpc) is 3.14. The van der Waals surface area contributed by atoms with Gasteiger partial charge in [0.1, 0.15) is 4.83 Å². The molecule has 7 nitrogen and oxygen atoms in total. The molecule has 0 aliphatic heterocycles. The third kappa shape index (κ3) is 4.52. The number of nitrogens with one attached hydrogen (secondary N) is 1. The third-order valence-corrected chi connectivity index (χ3v) is 6.34. The van der Waals surface area contributed by atoms with Gasteiger partial charge in [-0.2, -0.15) is 0 Å². The van der Waals surface area contributed by atoms with E-state index in [1.807, 2.05) is 43.3 Å². The second-order valence-electron chi connectivity index (χ2n) is 6.72. The summed E-state index contributed by atoms with van der Waals surface area (Å²) in [5.41, 5.74) is 6.67. The van der Waals surface area contributed by atoms with Gasteiger partial charge in [0, 0.05) is 16.1 Å². The Morgan fingerprint density at radius 2 is 1.84 bits per heavy atom. The maximum absolute atomic E-state index is 13.2. The van der Waals surface area contributed by atoms with E-state index in [2.05, 4.69) is 10.3 Å². The van der Waals surface area contributed by atoms with Gasteiger partial charge in [-0.1, -0.05) is 30.0 Å². The van der Waals surface area contributed by atoms with Crippen LogP contribution in [0.3, 0.4) is 0 Å². The smallest absolute Gasteiger partial charge is 0.267 e. The van der Waals surface area contributed by atoms with Crippen molar-refractivity contribution in [1.29, 1.82) is 0 Å². The topological polar surface area (TPSA) is 107 Å². The first-order valence-electron chi connectivity index (χ1n) is 9.33. The molecule has 4 rings (SSSR count). The molecule has 0 atom stereocenters. The molecule has 2 amide bonds. The van der Waals surface area contributed by atoms with Crippen LogP contribution in [0.5, 0.6) is 0 Å². The van der Waals surface area contributed by atoms with Gasteiger partial charge in [0.05, 0.1) is 16.8 Å². The number of rotatable bonds is 6. The molecule has 0 aliphatic carbocycles. The number of primary amides is 1. The molecule has 0 saturated carbocycles. The van der Waals surface area contributed by atoms with Crippen LogP contribution in [0.4, 0.5) is 5.69 Å². The van der Waals surface area contributed by atoms with Gasteiger partial charge in [0.15, 0.2) is 5.16 Å². The Morgan fingerprint density at radius 3 is 2.52 bits per heavy atom. The van der Waals surface area contributed by atoms with Crippen LogP contribution in [0.15, 0.2) is 70.6 Å². The van der Waals surface area contributed by atoms with Crippen LogP contribution in [-0.4, -0.2) is 27.1 Å². The van der Waals surface area contributed by atoms with Crippen molar-refractivity contribution < 1.29 is 9.59 Å². The number of fused-ring (bicyclic) bond motifs is 1. The number of anilines is 1. The number of hydrogen-bond donors (Lipinski definition) is 2. The number of carbonyl (C=O) groups excluding carboxylic acids is 2. The van der Waals surface area contributed by atoms with Crippen LogP contribution in [0, 0.1) is 6.92 Å². The first-order valence-corrected chi connectivity index (χ1v) is 11.1. The molecule has 2 heterocycles. The van der Waals surface area contributed by atoms with Crippen molar-refractivity contribution in [2.75, 3.05) is 11.1 Å². The molecule has 0 bridgehead atoms. The van der Waals surface area contributed by atoms with Gasteiger partial charge in [-0.25, -0.2) is 4.98 Å². The maximum Gasteiger partial charge on any atom is 0.267 e. The van der Waals surface area contributed by atoms with Crippen LogP contribution in [0.1, 0.15) is 15.2 Å². The van der Waals surface area contributed by atoms with E-state index in [1.54, 1.807) is 24.3 Å². The molecular weight excluding hydrogens is 432 g/mol. The number of hydrogen-bond acceptors (Lipinski definition) is 6. The number of aryl methyl sites for hydroxylation is 1. The zero-order valence-corrected chi connectivity index (χ0v) is 18.1. The summed E-state index contributed by atoms with van der Waals surface area (Å²) in [7, 11) is 0. The summed E-state index contributed by atoms with van der Waals surface area (Å²) in [6, 6.07) is 17.4. The molecule has 2 aromatic carbocycles. The molecule has 0 radical (unpaired) electrons. The van der Waals surface area contributed by atoms with Crippen molar-refractivity contribution in [2.24, 2.45) is 5.73 Å². The second-order valence-corrected chi connectivity index (χ2v) is 8.90. The molecular formula is C22H18N4O3S2. The van der Waals surface area contributed by atoms with Crippen molar-refractivity contribution in [1.82, 2.24) is 9.55 Å². The quantitative estimate of drug-likeness (QED) is 0.345. The zero-order chi connectivity index (χ0) is 22.0. The van der Waals surface area contributed by atoms with E-state index >= 15 is 0 Å². The van der Waals surface area contributed by atoms with Gasteiger partial charge >= 0.3 is 0 Å². The van der Waals surface area contributed by atoms with E-state index in [-0.39, 0.29) is 17.2 Å². The monoisotopic (exact) mass is 450 g/mol. The van der Waals surface area contributed by atoms with Gasteiger partial charge < -0.3 is 11.1 Å². The number of thioether (sulfide) groups is 1. The largest absolute Gasteiger partial charge is 0.366 e. The van der Waals surface area contributed by atoms with Gasteiger partial charge in [-0.15, -0.1) is 11.3 Å². The second kappa shape index (κ2) is 8.75. The van der Waals surface area contributed by atoms with Gasteiger partial charge in [0.2, 0.25) is 11.8 Å².